The van der Waals surface area contributed by atoms with Gasteiger partial charge in [0.25, 0.3) is 5.91 Å². The summed E-state index contributed by atoms with van der Waals surface area (Å²) in [6, 6.07) is 4.38. The number of nitrogens with one attached hydrogen (secondary N) is 1. The third-order valence-corrected chi connectivity index (χ3v) is 7.81. The van der Waals surface area contributed by atoms with Gasteiger partial charge in [-0.25, -0.2) is 4.79 Å². The maximum absolute atomic E-state index is 12.9. The van der Waals surface area contributed by atoms with Crippen molar-refractivity contribution in [2.45, 2.75) is 22.8 Å². The summed E-state index contributed by atoms with van der Waals surface area (Å²) >= 11 is 2.52. The quantitative estimate of drug-likeness (QED) is 0.170. The molecule has 0 bridgehead atoms. The van der Waals surface area contributed by atoms with E-state index in [1.807, 2.05) is 0 Å². The number of nitrogen functional groups attached to an aromatic ring is 1. The van der Waals surface area contributed by atoms with Gasteiger partial charge < -0.3 is 35.9 Å². The molecule has 4 heterocycles. The monoisotopic (exact) mass is 496 g/mol. The Bertz CT molecular complexity index is 1160. The Balaban J connectivity index is 0.00000259. The van der Waals surface area contributed by atoms with Gasteiger partial charge in [-0.05, 0) is 36.3 Å². The zero-order chi connectivity index (χ0) is 22.6. The average Bonchev–Trinajstić information content (AvgIpc) is 3.32. The van der Waals surface area contributed by atoms with Gasteiger partial charge >= 0.3 is 35.6 Å². The molecule has 1 aromatic carbocycles. The van der Waals surface area contributed by atoms with Crippen LogP contribution in [0.4, 0.5) is 15.6 Å². The SMILES string of the molecule is Nc1nnc(SCC2=C(C(=O)[O-])N3C(=O)[C@@H]4[C@H]3C2CCN4C(=O)Nc2ccc(O)cc2)s1.[Na+]. The molecular formula is C19H17N6NaO5S2. The molecule has 11 nitrogen and oxygen atoms in total. The van der Waals surface area contributed by atoms with E-state index in [1.165, 1.54) is 45.0 Å². The first-order valence-corrected chi connectivity index (χ1v) is 11.5. The van der Waals surface area contributed by atoms with Gasteiger partial charge in [0.1, 0.15) is 11.8 Å². The number of urea groups is 1. The number of phenolic OH excluding ortho intramolecular Hbond substituents is 1. The zero-order valence-corrected chi connectivity index (χ0v) is 21.1. The van der Waals surface area contributed by atoms with Crippen LogP contribution >= 0.6 is 23.1 Å². The minimum Gasteiger partial charge on any atom is -0.543 e. The third-order valence-electron chi connectivity index (χ3n) is 5.88. The predicted molar refractivity (Wildman–Crippen MR) is 113 cm³/mol. The number of benzene rings is 1. The number of β-lactam (4-membered cyclic amide) rings is 1. The van der Waals surface area contributed by atoms with Crippen molar-refractivity contribution in [1.29, 1.82) is 0 Å². The van der Waals surface area contributed by atoms with E-state index in [9.17, 15) is 24.6 Å². The second-order valence-corrected chi connectivity index (χ2v) is 9.80. The molecule has 3 amide bonds. The number of aliphatic carboxylic acids is 1. The minimum absolute atomic E-state index is 0. The number of nitrogens with two attached hydrogens (primary N) is 1. The molecule has 0 saturated carbocycles. The zero-order valence-electron chi connectivity index (χ0n) is 17.4. The number of piperidine rings is 1. The first kappa shape index (κ1) is 23.8. The van der Waals surface area contributed by atoms with Gasteiger partial charge in [-0.1, -0.05) is 23.1 Å². The average molecular weight is 497 g/mol. The molecule has 2 fully saturated rings. The standard InChI is InChI=1S/C19H18N6O5S2.Na/c20-17-22-23-19(32-17)31-7-11-10-5-6-24(18(30)21-8-1-3-9(26)4-2-8)14-12(10)25(15(14)27)13(11)16(28)29;/h1-4,10,12,14,26H,5-7H2,(H2,20,22)(H,21,30)(H,28,29);/q;+1/p-1/t10?,12-,14+;/m1./s1. The maximum atomic E-state index is 12.9. The van der Waals surface area contributed by atoms with Crippen LogP contribution in [0.5, 0.6) is 5.75 Å². The number of thioether (sulfide) groups is 1. The summed E-state index contributed by atoms with van der Waals surface area (Å²) in [5.74, 6) is -1.63. The first-order valence-electron chi connectivity index (χ1n) is 9.71. The van der Waals surface area contributed by atoms with Crippen molar-refractivity contribution in [1.82, 2.24) is 20.0 Å². The Morgan fingerprint density at radius 1 is 1.30 bits per heavy atom. The van der Waals surface area contributed by atoms with Crippen LogP contribution in [0.25, 0.3) is 0 Å². The summed E-state index contributed by atoms with van der Waals surface area (Å²) in [6.07, 6.45) is 0.513. The molecule has 3 aliphatic heterocycles. The summed E-state index contributed by atoms with van der Waals surface area (Å²) in [5, 5.41) is 32.0. The summed E-state index contributed by atoms with van der Waals surface area (Å²) in [7, 11) is 0. The van der Waals surface area contributed by atoms with Gasteiger partial charge in [0.15, 0.2) is 4.34 Å². The molecule has 4 N–H and O–H groups in total. The molecule has 33 heavy (non-hydrogen) atoms. The fourth-order valence-corrected chi connectivity index (χ4v) is 6.30. The minimum atomic E-state index is -1.40. The Hall–Kier alpha value is -2.32. The maximum Gasteiger partial charge on any atom is 1.00 e. The van der Waals surface area contributed by atoms with Crippen molar-refractivity contribution in [2.75, 3.05) is 23.3 Å². The van der Waals surface area contributed by atoms with E-state index < -0.39 is 30.0 Å². The molecule has 2 saturated heterocycles. The molecule has 14 heteroatoms. The van der Waals surface area contributed by atoms with E-state index in [-0.39, 0.29) is 46.9 Å². The van der Waals surface area contributed by atoms with Gasteiger partial charge in [-0.3, -0.25) is 4.79 Å². The van der Waals surface area contributed by atoms with E-state index in [0.29, 0.717) is 39.5 Å². The van der Waals surface area contributed by atoms with Crippen molar-refractivity contribution >= 4 is 51.8 Å². The van der Waals surface area contributed by atoms with Crippen LogP contribution in [-0.2, 0) is 9.59 Å². The van der Waals surface area contributed by atoms with E-state index in [2.05, 4.69) is 15.5 Å². The molecule has 1 unspecified atom stereocenters. The number of likely N-dealkylation sites (tertiary alicyclic amines) is 1. The van der Waals surface area contributed by atoms with Crippen LogP contribution < -0.4 is 45.7 Å². The number of carboxylic acids is 1. The molecule has 166 valence electrons. The van der Waals surface area contributed by atoms with Crippen molar-refractivity contribution in [3.05, 3.63) is 35.5 Å². The normalized spacial score (nSPS) is 23.0. The fraction of sp³-hybridized carbons (Fsp3) is 0.316. The fourth-order valence-electron chi connectivity index (χ4n) is 4.56. The molecule has 0 spiro atoms. The van der Waals surface area contributed by atoms with Gasteiger partial charge in [-0.2, -0.15) is 0 Å². The van der Waals surface area contributed by atoms with Crippen LogP contribution in [0.15, 0.2) is 39.9 Å². The molecule has 3 aliphatic rings. The number of aromatic hydroxyl groups is 1. The van der Waals surface area contributed by atoms with Crippen molar-refractivity contribution in [3.8, 4) is 5.75 Å². The van der Waals surface area contributed by atoms with Gasteiger partial charge in [0.05, 0.1) is 17.7 Å². The number of hydrogen-bond acceptors (Lipinski definition) is 10. The van der Waals surface area contributed by atoms with E-state index >= 15 is 0 Å². The summed E-state index contributed by atoms with van der Waals surface area (Å²) in [5.41, 5.74) is 6.59. The number of aromatic nitrogens is 2. The molecule has 1 aromatic heterocycles. The number of nitrogens with zero attached hydrogens (tertiary/aromatic N) is 4. The van der Waals surface area contributed by atoms with Gasteiger partial charge in [0, 0.05) is 23.9 Å². The molecule has 0 radical (unpaired) electrons. The predicted octanol–water partition coefficient (Wildman–Crippen LogP) is -2.93. The number of carbonyl (C=O) groups excluding carboxylic acids is 3. The largest absolute Gasteiger partial charge is 1.00 e. The van der Waals surface area contributed by atoms with Crippen molar-refractivity contribution in [2.24, 2.45) is 5.92 Å². The molecule has 2 aromatic rings. The molecule has 5 rings (SSSR count). The molecular weight excluding hydrogens is 479 g/mol. The molecule has 3 atom stereocenters. The van der Waals surface area contributed by atoms with E-state index in [1.54, 1.807) is 12.1 Å². The summed E-state index contributed by atoms with van der Waals surface area (Å²) in [6.45, 7) is 0.301. The summed E-state index contributed by atoms with van der Waals surface area (Å²) in [4.78, 5) is 40.4. The van der Waals surface area contributed by atoms with E-state index in [0.717, 1.165) is 0 Å². The number of hydrogen-bond donors (Lipinski definition) is 3. The van der Waals surface area contributed by atoms with Crippen molar-refractivity contribution in [3.63, 3.8) is 0 Å². The number of amides is 3. The number of carbonyl (C=O) groups is 3. The number of anilines is 2. The third kappa shape index (κ3) is 4.08. The van der Waals surface area contributed by atoms with Gasteiger partial charge in [-0.15, -0.1) is 10.2 Å². The number of phenols is 1. The Kier molecular flexibility index (Phi) is 6.60. The van der Waals surface area contributed by atoms with Crippen LogP contribution in [0.1, 0.15) is 6.42 Å². The Morgan fingerprint density at radius 2 is 2.03 bits per heavy atom. The Labute approximate surface area is 218 Å². The van der Waals surface area contributed by atoms with Crippen molar-refractivity contribution < 1.29 is 54.2 Å². The first-order chi connectivity index (χ1) is 15.3. The smallest absolute Gasteiger partial charge is 0.543 e. The van der Waals surface area contributed by atoms with Crippen LogP contribution in [-0.4, -0.2) is 67.4 Å². The van der Waals surface area contributed by atoms with Gasteiger partial charge in [0.2, 0.25) is 5.13 Å². The van der Waals surface area contributed by atoms with Crippen LogP contribution in [0.3, 0.4) is 0 Å². The van der Waals surface area contributed by atoms with E-state index in [4.69, 9.17) is 5.73 Å². The second kappa shape index (κ2) is 9.14. The Morgan fingerprint density at radius 3 is 2.67 bits per heavy atom. The van der Waals surface area contributed by atoms with Crippen LogP contribution in [0, 0.1) is 5.92 Å². The second-order valence-electron chi connectivity index (χ2n) is 7.57. The van der Waals surface area contributed by atoms with Crippen LogP contribution in [0.2, 0.25) is 0 Å². The number of rotatable bonds is 5. The number of carboxylic acid groups (broad SMARTS) is 1. The molecule has 0 aliphatic carbocycles. The summed E-state index contributed by atoms with van der Waals surface area (Å²) < 4.78 is 0.607. The topological polar surface area (TPSA) is 165 Å².